The van der Waals surface area contributed by atoms with Gasteiger partial charge in [0.2, 0.25) is 0 Å². The summed E-state index contributed by atoms with van der Waals surface area (Å²) in [5, 5.41) is 3.54. The fourth-order valence-electron chi connectivity index (χ4n) is 2.21. The number of hydrogen-bond acceptors (Lipinski definition) is 4. The van der Waals surface area contributed by atoms with Gasteiger partial charge in [-0.2, -0.15) is 0 Å². The Hall–Kier alpha value is -2.44. The molecule has 0 spiro atoms. The lowest BCUT2D eigenvalue weighted by Crippen LogP contribution is -2.34. The Kier molecular flexibility index (Phi) is 7.56. The fraction of sp³-hybridized carbons (Fsp3) is 0.222. The standard InChI is InChI=1S/C18H18Cl2N2O4/c19-13-7-5-12(6-8-13)15(22-18(21)24)11-17(23)26-10-9-25-16-4-2-1-3-14(16)20/h1-8,15H,9-11H2,(H3,21,22,24)/t15-/m0/s1. The second-order valence-electron chi connectivity index (χ2n) is 5.32. The number of hydrogen-bond donors (Lipinski definition) is 2. The van der Waals surface area contributed by atoms with Gasteiger partial charge >= 0.3 is 12.0 Å². The lowest BCUT2D eigenvalue weighted by molar-refractivity contribution is -0.144. The number of nitrogens with one attached hydrogen (secondary N) is 1. The van der Waals surface area contributed by atoms with E-state index in [-0.39, 0.29) is 19.6 Å². The summed E-state index contributed by atoms with van der Waals surface area (Å²) in [7, 11) is 0. The number of primary amides is 1. The molecule has 0 saturated heterocycles. The van der Waals surface area contributed by atoms with E-state index in [9.17, 15) is 9.59 Å². The van der Waals surface area contributed by atoms with E-state index >= 15 is 0 Å². The first-order valence-corrected chi connectivity index (χ1v) is 8.55. The number of nitrogens with two attached hydrogens (primary N) is 1. The maximum atomic E-state index is 12.0. The normalized spacial score (nSPS) is 11.5. The van der Waals surface area contributed by atoms with Crippen molar-refractivity contribution in [3.63, 3.8) is 0 Å². The first kappa shape index (κ1) is 19.9. The van der Waals surface area contributed by atoms with Gasteiger partial charge in [0.25, 0.3) is 0 Å². The molecule has 2 aromatic carbocycles. The third-order valence-corrected chi connectivity index (χ3v) is 3.96. The quantitative estimate of drug-likeness (QED) is 0.525. The molecule has 1 atom stereocenters. The van der Waals surface area contributed by atoms with Crippen molar-refractivity contribution in [3.8, 4) is 5.75 Å². The van der Waals surface area contributed by atoms with Gasteiger partial charge in [-0.1, -0.05) is 47.5 Å². The first-order chi connectivity index (χ1) is 12.5. The Labute approximate surface area is 161 Å². The minimum Gasteiger partial charge on any atom is -0.488 e. The molecule has 3 N–H and O–H groups in total. The van der Waals surface area contributed by atoms with Crippen LogP contribution in [-0.4, -0.2) is 25.2 Å². The van der Waals surface area contributed by atoms with Gasteiger partial charge in [-0.05, 0) is 29.8 Å². The van der Waals surface area contributed by atoms with Crippen molar-refractivity contribution in [1.29, 1.82) is 0 Å². The average molecular weight is 397 g/mol. The highest BCUT2D eigenvalue weighted by Gasteiger charge is 2.18. The minimum atomic E-state index is -0.736. The van der Waals surface area contributed by atoms with Gasteiger partial charge in [-0.15, -0.1) is 0 Å². The van der Waals surface area contributed by atoms with E-state index < -0.39 is 18.0 Å². The molecular formula is C18H18Cl2N2O4. The van der Waals surface area contributed by atoms with Crippen molar-refractivity contribution in [2.24, 2.45) is 5.73 Å². The molecule has 0 saturated carbocycles. The molecule has 8 heteroatoms. The van der Waals surface area contributed by atoms with Crippen molar-refractivity contribution >= 4 is 35.2 Å². The molecule has 0 bridgehead atoms. The van der Waals surface area contributed by atoms with Gasteiger partial charge in [-0.3, -0.25) is 4.79 Å². The summed E-state index contributed by atoms with van der Waals surface area (Å²) in [4.78, 5) is 23.2. The molecule has 0 aliphatic carbocycles. The summed E-state index contributed by atoms with van der Waals surface area (Å²) >= 11 is 11.8. The van der Waals surface area contributed by atoms with Crippen LogP contribution >= 0.6 is 23.2 Å². The van der Waals surface area contributed by atoms with Crippen LogP contribution in [0.25, 0.3) is 0 Å². The number of para-hydroxylation sites is 1. The zero-order chi connectivity index (χ0) is 18.9. The van der Waals surface area contributed by atoms with Crippen LogP contribution in [-0.2, 0) is 9.53 Å². The summed E-state index contributed by atoms with van der Waals surface area (Å²) in [6.07, 6.45) is -0.0728. The van der Waals surface area contributed by atoms with Crippen LogP contribution in [0.3, 0.4) is 0 Å². The van der Waals surface area contributed by atoms with Crippen molar-refractivity contribution in [2.75, 3.05) is 13.2 Å². The zero-order valence-corrected chi connectivity index (χ0v) is 15.3. The Bertz CT molecular complexity index is 753. The van der Waals surface area contributed by atoms with Gasteiger partial charge in [0.15, 0.2) is 0 Å². The van der Waals surface area contributed by atoms with Crippen molar-refractivity contribution < 1.29 is 19.1 Å². The highest BCUT2D eigenvalue weighted by molar-refractivity contribution is 6.32. The maximum Gasteiger partial charge on any atom is 0.312 e. The number of halogens is 2. The third kappa shape index (κ3) is 6.46. The number of amides is 2. The van der Waals surface area contributed by atoms with Crippen LogP contribution in [0.5, 0.6) is 5.75 Å². The summed E-state index contributed by atoms with van der Waals surface area (Å²) < 4.78 is 10.6. The van der Waals surface area contributed by atoms with Gasteiger partial charge in [0.1, 0.15) is 19.0 Å². The molecule has 0 radical (unpaired) electrons. The van der Waals surface area contributed by atoms with E-state index in [1.165, 1.54) is 0 Å². The maximum absolute atomic E-state index is 12.0. The molecule has 0 aliphatic heterocycles. The minimum absolute atomic E-state index is 0.0496. The molecule has 0 aliphatic rings. The zero-order valence-electron chi connectivity index (χ0n) is 13.8. The molecule has 6 nitrogen and oxygen atoms in total. The Morgan fingerprint density at radius 2 is 1.73 bits per heavy atom. The molecule has 0 aromatic heterocycles. The van der Waals surface area contributed by atoms with E-state index in [1.54, 1.807) is 48.5 Å². The van der Waals surface area contributed by atoms with Crippen LogP contribution in [0.4, 0.5) is 4.79 Å². The summed E-state index contributed by atoms with van der Waals surface area (Å²) in [5.74, 6) is 0.0149. The highest BCUT2D eigenvalue weighted by atomic mass is 35.5. The van der Waals surface area contributed by atoms with Crippen LogP contribution in [0.2, 0.25) is 10.0 Å². The largest absolute Gasteiger partial charge is 0.488 e. The highest BCUT2D eigenvalue weighted by Crippen LogP contribution is 2.23. The molecule has 2 aromatic rings. The topological polar surface area (TPSA) is 90.7 Å². The van der Waals surface area contributed by atoms with Crippen LogP contribution in [0, 0.1) is 0 Å². The molecule has 138 valence electrons. The van der Waals surface area contributed by atoms with E-state index in [0.29, 0.717) is 21.4 Å². The predicted octanol–water partition coefficient (Wildman–Crippen LogP) is 3.72. The first-order valence-electron chi connectivity index (χ1n) is 7.80. The van der Waals surface area contributed by atoms with Gasteiger partial charge in [0, 0.05) is 5.02 Å². The predicted molar refractivity (Wildman–Crippen MR) is 99.4 cm³/mol. The smallest absolute Gasteiger partial charge is 0.312 e. The number of carbonyl (C=O) groups is 2. The molecule has 0 fully saturated rings. The van der Waals surface area contributed by atoms with E-state index in [4.69, 9.17) is 38.4 Å². The fourth-order valence-corrected chi connectivity index (χ4v) is 2.53. The van der Waals surface area contributed by atoms with Crippen LogP contribution < -0.4 is 15.8 Å². The molecule has 0 unspecified atom stereocenters. The number of urea groups is 1. The molecule has 0 heterocycles. The van der Waals surface area contributed by atoms with E-state index in [2.05, 4.69) is 5.32 Å². The Morgan fingerprint density at radius 1 is 1.04 bits per heavy atom. The molecular weight excluding hydrogens is 379 g/mol. The van der Waals surface area contributed by atoms with Gasteiger partial charge in [-0.25, -0.2) is 4.79 Å². The number of carbonyl (C=O) groups excluding carboxylic acids is 2. The lowest BCUT2D eigenvalue weighted by Gasteiger charge is -2.17. The lowest BCUT2D eigenvalue weighted by atomic mass is 10.0. The monoisotopic (exact) mass is 396 g/mol. The number of ether oxygens (including phenoxy) is 2. The second kappa shape index (κ2) is 9.89. The summed E-state index contributed by atoms with van der Waals surface area (Å²) in [6, 6.07) is 12.4. The summed E-state index contributed by atoms with van der Waals surface area (Å²) in [6.45, 7) is 0.207. The number of esters is 1. The Morgan fingerprint density at radius 3 is 2.38 bits per heavy atom. The van der Waals surface area contributed by atoms with Crippen LogP contribution in [0.15, 0.2) is 48.5 Å². The van der Waals surface area contributed by atoms with E-state index in [1.807, 2.05) is 0 Å². The van der Waals surface area contributed by atoms with Crippen LogP contribution in [0.1, 0.15) is 18.0 Å². The molecule has 2 amide bonds. The number of rotatable bonds is 8. The second-order valence-corrected chi connectivity index (χ2v) is 6.16. The summed E-state index contributed by atoms with van der Waals surface area (Å²) in [5.41, 5.74) is 5.87. The van der Waals surface area contributed by atoms with Gasteiger partial charge in [0.05, 0.1) is 17.5 Å². The van der Waals surface area contributed by atoms with Crippen molar-refractivity contribution in [3.05, 3.63) is 64.1 Å². The van der Waals surface area contributed by atoms with Gasteiger partial charge < -0.3 is 20.5 Å². The van der Waals surface area contributed by atoms with Crippen molar-refractivity contribution in [1.82, 2.24) is 5.32 Å². The SMILES string of the molecule is NC(=O)N[C@@H](CC(=O)OCCOc1ccccc1Cl)c1ccc(Cl)cc1. The molecule has 2 rings (SSSR count). The molecule has 26 heavy (non-hydrogen) atoms. The van der Waals surface area contributed by atoms with E-state index in [0.717, 1.165) is 0 Å². The average Bonchev–Trinajstić information content (AvgIpc) is 2.60. The van der Waals surface area contributed by atoms with Crippen molar-refractivity contribution in [2.45, 2.75) is 12.5 Å². The third-order valence-electron chi connectivity index (χ3n) is 3.40. The number of benzene rings is 2. The Balaban J connectivity index is 1.84.